The molecule has 1 amide bonds. The van der Waals surface area contributed by atoms with Crippen LogP contribution in [0.5, 0.6) is 0 Å². The van der Waals surface area contributed by atoms with E-state index in [1.54, 1.807) is 6.92 Å². The van der Waals surface area contributed by atoms with Crippen LogP contribution in [0.25, 0.3) is 0 Å². The zero-order chi connectivity index (χ0) is 8.85. The summed E-state index contributed by atoms with van der Waals surface area (Å²) >= 11 is 1.46. The molecule has 64 valence electrons. The Morgan fingerprint density at radius 1 is 1.55 bits per heavy atom. The van der Waals surface area contributed by atoms with E-state index in [2.05, 4.69) is 5.32 Å². The third kappa shape index (κ3) is 4.84. The fourth-order valence-electron chi connectivity index (χ4n) is 0.462. The maximum absolute atomic E-state index is 11.0. The predicted molar refractivity (Wildman–Crippen MR) is 46.7 cm³/mol. The van der Waals surface area contributed by atoms with Gasteiger partial charge in [-0.05, 0) is 20.1 Å². The van der Waals surface area contributed by atoms with Crippen molar-refractivity contribution in [3.63, 3.8) is 0 Å². The summed E-state index contributed by atoms with van der Waals surface area (Å²) in [5.41, 5.74) is 0. The minimum atomic E-state index is -0.0762. The van der Waals surface area contributed by atoms with Crippen LogP contribution in [0.2, 0.25) is 0 Å². The Balaban J connectivity index is 3.60. The molecule has 0 aliphatic carbocycles. The van der Waals surface area contributed by atoms with Gasteiger partial charge in [0.15, 0.2) is 0 Å². The highest BCUT2D eigenvalue weighted by atomic mass is 32.2. The van der Waals surface area contributed by atoms with Crippen LogP contribution >= 0.6 is 11.8 Å². The van der Waals surface area contributed by atoms with Crippen molar-refractivity contribution in [1.29, 1.82) is 0 Å². The highest BCUT2D eigenvalue weighted by molar-refractivity contribution is 7.99. The number of thioether (sulfide) groups is 1. The molecule has 0 saturated heterocycles. The first kappa shape index (κ1) is 10.5. The fraction of sp³-hybridized carbons (Fsp3) is 0.714. The molecule has 0 heterocycles. The molecule has 3 nitrogen and oxygen atoms in total. The molecule has 0 rings (SSSR count). The van der Waals surface area contributed by atoms with Crippen LogP contribution in [-0.2, 0) is 9.59 Å². The van der Waals surface area contributed by atoms with Crippen LogP contribution in [0.1, 0.15) is 13.8 Å². The van der Waals surface area contributed by atoms with Crippen LogP contribution in [0.3, 0.4) is 0 Å². The van der Waals surface area contributed by atoms with Gasteiger partial charge in [-0.15, -0.1) is 0 Å². The molecule has 0 spiro atoms. The van der Waals surface area contributed by atoms with Crippen LogP contribution in [0.4, 0.5) is 0 Å². The number of hydrogen-bond acceptors (Lipinski definition) is 3. The number of hydrogen-bond donors (Lipinski definition) is 1. The van der Waals surface area contributed by atoms with Gasteiger partial charge in [-0.2, -0.15) is 11.8 Å². The lowest BCUT2D eigenvalue weighted by Gasteiger charge is -2.07. The summed E-state index contributed by atoms with van der Waals surface area (Å²) in [7, 11) is 0. The Labute approximate surface area is 70.9 Å². The molecule has 0 aliphatic rings. The summed E-state index contributed by atoms with van der Waals surface area (Å²) in [5.74, 6) is -0.0978. The van der Waals surface area contributed by atoms with Gasteiger partial charge in [-0.3, -0.25) is 9.59 Å². The van der Waals surface area contributed by atoms with E-state index >= 15 is 0 Å². The molecular formula is C7H13NO2S. The number of rotatable bonds is 4. The van der Waals surface area contributed by atoms with E-state index in [4.69, 9.17) is 0 Å². The SMILES string of the molecule is CSC(C)C(=O)NCC(C)=O. The number of carbonyl (C=O) groups excluding carboxylic acids is 2. The summed E-state index contributed by atoms with van der Waals surface area (Å²) in [5, 5.41) is 2.45. The van der Waals surface area contributed by atoms with Gasteiger partial charge in [-0.25, -0.2) is 0 Å². The molecule has 0 aromatic carbocycles. The van der Waals surface area contributed by atoms with Gasteiger partial charge in [0.1, 0.15) is 5.78 Å². The first-order valence-electron chi connectivity index (χ1n) is 3.38. The zero-order valence-electron chi connectivity index (χ0n) is 7.01. The Kier molecular flexibility index (Phi) is 4.94. The molecule has 1 atom stereocenters. The Bertz CT molecular complexity index is 159. The first-order valence-corrected chi connectivity index (χ1v) is 4.66. The number of amides is 1. The molecule has 0 saturated carbocycles. The van der Waals surface area contributed by atoms with Gasteiger partial charge in [0, 0.05) is 0 Å². The number of ketones is 1. The summed E-state index contributed by atoms with van der Waals surface area (Å²) in [6.07, 6.45) is 1.86. The van der Waals surface area contributed by atoms with Crippen LogP contribution in [-0.4, -0.2) is 29.7 Å². The highest BCUT2D eigenvalue weighted by Crippen LogP contribution is 2.03. The lowest BCUT2D eigenvalue weighted by atomic mass is 10.4. The van der Waals surface area contributed by atoms with Gasteiger partial charge in [-0.1, -0.05) is 0 Å². The smallest absolute Gasteiger partial charge is 0.233 e. The average Bonchev–Trinajstić information content (AvgIpc) is 1.98. The molecule has 0 aliphatic heterocycles. The van der Waals surface area contributed by atoms with Crippen molar-refractivity contribution in [3.05, 3.63) is 0 Å². The molecule has 0 aromatic heterocycles. The number of Topliss-reactive ketones (excluding diaryl/α,β-unsaturated/α-hetero) is 1. The Hall–Kier alpha value is -0.510. The fourth-order valence-corrected chi connectivity index (χ4v) is 0.760. The van der Waals surface area contributed by atoms with E-state index < -0.39 is 0 Å². The summed E-state index contributed by atoms with van der Waals surface area (Å²) in [4.78, 5) is 21.4. The van der Waals surface area contributed by atoms with Gasteiger partial charge < -0.3 is 5.32 Å². The monoisotopic (exact) mass is 175 g/mol. The van der Waals surface area contributed by atoms with Crippen molar-refractivity contribution in [1.82, 2.24) is 5.32 Å². The van der Waals surface area contributed by atoms with Gasteiger partial charge >= 0.3 is 0 Å². The van der Waals surface area contributed by atoms with Crippen molar-refractivity contribution >= 4 is 23.5 Å². The van der Waals surface area contributed by atoms with E-state index in [-0.39, 0.29) is 23.5 Å². The van der Waals surface area contributed by atoms with Crippen molar-refractivity contribution < 1.29 is 9.59 Å². The van der Waals surface area contributed by atoms with Gasteiger partial charge in [0.05, 0.1) is 11.8 Å². The van der Waals surface area contributed by atoms with Gasteiger partial charge in [0.25, 0.3) is 0 Å². The van der Waals surface area contributed by atoms with E-state index in [0.29, 0.717) is 0 Å². The van der Waals surface area contributed by atoms with E-state index in [1.807, 2.05) is 6.26 Å². The number of nitrogens with one attached hydrogen (secondary N) is 1. The van der Waals surface area contributed by atoms with Crippen LogP contribution < -0.4 is 5.32 Å². The molecule has 11 heavy (non-hydrogen) atoms. The molecule has 0 radical (unpaired) electrons. The average molecular weight is 175 g/mol. The van der Waals surface area contributed by atoms with Crippen LogP contribution in [0.15, 0.2) is 0 Å². The Morgan fingerprint density at radius 3 is 2.45 bits per heavy atom. The van der Waals surface area contributed by atoms with Crippen LogP contribution in [0, 0.1) is 0 Å². The molecule has 0 bridgehead atoms. The molecular weight excluding hydrogens is 162 g/mol. The van der Waals surface area contributed by atoms with Crippen molar-refractivity contribution in [2.24, 2.45) is 0 Å². The first-order chi connectivity index (χ1) is 5.07. The third-order valence-electron chi connectivity index (χ3n) is 1.23. The maximum atomic E-state index is 11.0. The summed E-state index contributed by atoms with van der Waals surface area (Å²) in [6.45, 7) is 3.40. The molecule has 1 N–H and O–H groups in total. The summed E-state index contributed by atoms with van der Waals surface area (Å²) in [6, 6.07) is 0. The zero-order valence-corrected chi connectivity index (χ0v) is 7.83. The van der Waals surface area contributed by atoms with E-state index in [0.717, 1.165) is 0 Å². The second kappa shape index (κ2) is 5.18. The Morgan fingerprint density at radius 2 is 2.09 bits per heavy atom. The topological polar surface area (TPSA) is 46.2 Å². The minimum Gasteiger partial charge on any atom is -0.348 e. The van der Waals surface area contributed by atoms with Gasteiger partial charge in [0.2, 0.25) is 5.91 Å². The largest absolute Gasteiger partial charge is 0.348 e. The molecule has 0 aromatic rings. The molecule has 1 unspecified atom stereocenters. The molecule has 0 fully saturated rings. The molecule has 4 heteroatoms. The summed E-state index contributed by atoms with van der Waals surface area (Å²) < 4.78 is 0. The van der Waals surface area contributed by atoms with Crippen molar-refractivity contribution in [2.75, 3.05) is 12.8 Å². The minimum absolute atomic E-state index is 0.0216. The lowest BCUT2D eigenvalue weighted by Crippen LogP contribution is -2.34. The van der Waals surface area contributed by atoms with E-state index in [9.17, 15) is 9.59 Å². The van der Waals surface area contributed by atoms with E-state index in [1.165, 1.54) is 18.7 Å². The predicted octanol–water partition coefficient (Wildman–Crippen LogP) is 0.443. The van der Waals surface area contributed by atoms with Crippen molar-refractivity contribution in [3.8, 4) is 0 Å². The lowest BCUT2D eigenvalue weighted by molar-refractivity contribution is -0.123. The number of carbonyl (C=O) groups is 2. The normalized spacial score (nSPS) is 12.3. The third-order valence-corrected chi connectivity index (χ3v) is 2.16. The highest BCUT2D eigenvalue weighted by Gasteiger charge is 2.09. The standard InChI is InChI=1S/C7H13NO2S/c1-5(9)4-8-7(10)6(2)11-3/h6H,4H2,1-3H3,(H,8,10). The quantitative estimate of drug-likeness (QED) is 0.674. The second-order valence-electron chi connectivity index (χ2n) is 2.30. The van der Waals surface area contributed by atoms with Crippen molar-refractivity contribution in [2.45, 2.75) is 19.1 Å². The maximum Gasteiger partial charge on any atom is 0.233 e. The second-order valence-corrected chi connectivity index (χ2v) is 3.48.